The van der Waals surface area contributed by atoms with Crippen LogP contribution in [0.1, 0.15) is 5.56 Å². The van der Waals surface area contributed by atoms with Crippen LogP contribution in [0.15, 0.2) is 29.0 Å². The number of aromatic nitrogens is 5. The predicted octanol–water partition coefficient (Wildman–Crippen LogP) is 1.41. The summed E-state index contributed by atoms with van der Waals surface area (Å²) in [6.45, 7) is 1.94. The average Bonchev–Trinajstić information content (AvgIpc) is 2.98. The molecule has 0 aromatic carbocycles. The smallest absolute Gasteiger partial charge is 0.263 e. The molecule has 3 N–H and O–H groups in total. The summed E-state index contributed by atoms with van der Waals surface area (Å²) in [6, 6.07) is 3.79. The summed E-state index contributed by atoms with van der Waals surface area (Å²) in [4.78, 5) is 8.49. The first-order chi connectivity index (χ1) is 8.75. The number of hydrogen-bond acceptors (Lipinski definition) is 6. The van der Waals surface area contributed by atoms with Crippen LogP contribution >= 0.6 is 0 Å². The maximum atomic E-state index is 5.69. The zero-order chi connectivity index (χ0) is 12.5. The average molecular weight is 242 g/mol. The minimum absolute atomic E-state index is 0.321. The van der Waals surface area contributed by atoms with Crippen LogP contribution in [0.4, 0.5) is 5.82 Å². The molecule has 0 unspecified atom stereocenters. The first-order valence-electron chi connectivity index (χ1n) is 5.30. The molecule has 0 aliphatic carbocycles. The third-order valence-corrected chi connectivity index (χ3v) is 2.55. The van der Waals surface area contributed by atoms with E-state index in [1.165, 1.54) is 6.20 Å². The third kappa shape index (κ3) is 1.61. The Labute approximate surface area is 102 Å². The molecule has 0 bridgehead atoms. The maximum absolute atomic E-state index is 5.69. The van der Waals surface area contributed by atoms with E-state index in [0.717, 1.165) is 5.56 Å². The Morgan fingerprint density at radius 2 is 2.28 bits per heavy atom. The number of nitrogens with one attached hydrogen (secondary N) is 1. The van der Waals surface area contributed by atoms with E-state index in [4.69, 9.17) is 10.3 Å². The molecule has 7 heteroatoms. The van der Waals surface area contributed by atoms with Gasteiger partial charge in [0.15, 0.2) is 0 Å². The molecule has 90 valence electrons. The first kappa shape index (κ1) is 10.5. The largest absolute Gasteiger partial charge is 0.383 e. The fourth-order valence-electron chi connectivity index (χ4n) is 1.62. The maximum Gasteiger partial charge on any atom is 0.263 e. The highest BCUT2D eigenvalue weighted by atomic mass is 16.5. The van der Waals surface area contributed by atoms with Crippen LogP contribution in [0, 0.1) is 6.92 Å². The Morgan fingerprint density at radius 3 is 3.00 bits per heavy atom. The van der Waals surface area contributed by atoms with Crippen molar-refractivity contribution in [3.8, 4) is 23.0 Å². The van der Waals surface area contributed by atoms with Gasteiger partial charge in [-0.3, -0.25) is 10.1 Å². The summed E-state index contributed by atoms with van der Waals surface area (Å²) in [5, 5.41) is 10.3. The lowest BCUT2D eigenvalue weighted by Crippen LogP contribution is -1.90. The molecule has 3 aromatic heterocycles. The second kappa shape index (κ2) is 3.95. The predicted molar refractivity (Wildman–Crippen MR) is 64.3 cm³/mol. The van der Waals surface area contributed by atoms with Gasteiger partial charge in [-0.25, -0.2) is 0 Å². The number of aromatic amines is 1. The quantitative estimate of drug-likeness (QED) is 0.703. The summed E-state index contributed by atoms with van der Waals surface area (Å²) in [5.74, 6) is 1.15. The zero-order valence-electron chi connectivity index (χ0n) is 9.58. The summed E-state index contributed by atoms with van der Waals surface area (Å²) < 4.78 is 5.16. The molecule has 0 radical (unpaired) electrons. The summed E-state index contributed by atoms with van der Waals surface area (Å²) in [5.41, 5.74) is 7.94. The second-order valence-electron chi connectivity index (χ2n) is 3.79. The SMILES string of the molecule is Cc1cccnc1-c1noc(-c2cn[nH]c2N)n1. The van der Waals surface area contributed by atoms with Gasteiger partial charge in [-0.1, -0.05) is 11.2 Å². The van der Waals surface area contributed by atoms with Crippen molar-refractivity contribution in [2.45, 2.75) is 6.92 Å². The highest BCUT2D eigenvalue weighted by molar-refractivity contribution is 5.67. The second-order valence-corrected chi connectivity index (χ2v) is 3.79. The van der Waals surface area contributed by atoms with Gasteiger partial charge < -0.3 is 10.3 Å². The van der Waals surface area contributed by atoms with Crippen molar-refractivity contribution in [2.24, 2.45) is 0 Å². The fourth-order valence-corrected chi connectivity index (χ4v) is 1.62. The molecular weight excluding hydrogens is 232 g/mol. The van der Waals surface area contributed by atoms with Gasteiger partial charge in [-0.05, 0) is 18.6 Å². The van der Waals surface area contributed by atoms with E-state index in [9.17, 15) is 0 Å². The minimum Gasteiger partial charge on any atom is -0.383 e. The lowest BCUT2D eigenvalue weighted by molar-refractivity contribution is 0.432. The van der Waals surface area contributed by atoms with Gasteiger partial charge in [-0.15, -0.1) is 0 Å². The summed E-state index contributed by atoms with van der Waals surface area (Å²) in [6.07, 6.45) is 3.22. The van der Waals surface area contributed by atoms with E-state index >= 15 is 0 Å². The molecule has 0 saturated carbocycles. The van der Waals surface area contributed by atoms with Gasteiger partial charge in [-0.2, -0.15) is 10.1 Å². The summed E-state index contributed by atoms with van der Waals surface area (Å²) >= 11 is 0. The van der Waals surface area contributed by atoms with E-state index in [2.05, 4.69) is 25.3 Å². The van der Waals surface area contributed by atoms with Crippen LogP contribution in [-0.2, 0) is 0 Å². The molecule has 3 heterocycles. The minimum atomic E-state index is 0.321. The number of hydrogen-bond donors (Lipinski definition) is 2. The normalized spacial score (nSPS) is 10.7. The number of H-pyrrole nitrogens is 1. The van der Waals surface area contributed by atoms with Gasteiger partial charge in [0, 0.05) is 6.20 Å². The Kier molecular flexibility index (Phi) is 2.30. The van der Waals surface area contributed by atoms with Crippen LogP contribution < -0.4 is 5.73 Å². The molecule has 0 aliphatic heterocycles. The van der Waals surface area contributed by atoms with Crippen molar-refractivity contribution < 1.29 is 4.52 Å². The van der Waals surface area contributed by atoms with Crippen molar-refractivity contribution in [3.63, 3.8) is 0 Å². The molecule has 0 amide bonds. The van der Waals surface area contributed by atoms with Crippen LogP contribution in [0.5, 0.6) is 0 Å². The van der Waals surface area contributed by atoms with Crippen molar-refractivity contribution in [1.82, 2.24) is 25.3 Å². The topological polar surface area (TPSA) is 107 Å². The van der Waals surface area contributed by atoms with Crippen molar-refractivity contribution >= 4 is 5.82 Å². The fraction of sp³-hybridized carbons (Fsp3) is 0.0909. The van der Waals surface area contributed by atoms with Crippen LogP contribution in [0.2, 0.25) is 0 Å². The van der Waals surface area contributed by atoms with E-state index in [-0.39, 0.29) is 0 Å². The van der Waals surface area contributed by atoms with Gasteiger partial charge in [0.1, 0.15) is 17.1 Å². The Morgan fingerprint density at radius 1 is 1.39 bits per heavy atom. The molecular formula is C11H10N6O. The number of anilines is 1. The lowest BCUT2D eigenvalue weighted by Gasteiger charge is -1.96. The highest BCUT2D eigenvalue weighted by Gasteiger charge is 2.15. The molecule has 0 atom stereocenters. The molecule has 0 aliphatic rings. The van der Waals surface area contributed by atoms with E-state index in [0.29, 0.717) is 28.8 Å². The van der Waals surface area contributed by atoms with Crippen molar-refractivity contribution in [3.05, 3.63) is 30.1 Å². The number of rotatable bonds is 2. The van der Waals surface area contributed by atoms with Gasteiger partial charge in [0.25, 0.3) is 5.89 Å². The Balaban J connectivity index is 2.05. The van der Waals surface area contributed by atoms with Crippen LogP contribution in [0.3, 0.4) is 0 Å². The van der Waals surface area contributed by atoms with E-state index < -0.39 is 0 Å². The number of nitrogen functional groups attached to an aromatic ring is 1. The zero-order valence-corrected chi connectivity index (χ0v) is 9.58. The first-order valence-corrected chi connectivity index (χ1v) is 5.30. The summed E-state index contributed by atoms with van der Waals surface area (Å²) in [7, 11) is 0. The molecule has 18 heavy (non-hydrogen) atoms. The number of nitrogens with zero attached hydrogens (tertiary/aromatic N) is 4. The highest BCUT2D eigenvalue weighted by Crippen LogP contribution is 2.25. The van der Waals surface area contributed by atoms with Gasteiger partial charge >= 0.3 is 0 Å². The third-order valence-electron chi connectivity index (χ3n) is 2.55. The van der Waals surface area contributed by atoms with Crippen LogP contribution in [0.25, 0.3) is 23.0 Å². The molecule has 0 saturated heterocycles. The molecule has 7 nitrogen and oxygen atoms in total. The molecule has 0 spiro atoms. The Hall–Kier alpha value is -2.70. The standard InChI is InChI=1S/C11H10N6O/c1-6-3-2-4-13-8(6)10-15-11(18-17-10)7-5-14-16-9(7)12/h2-5H,1H3,(H3,12,14,16). The van der Waals surface area contributed by atoms with E-state index in [1.807, 2.05) is 19.1 Å². The lowest BCUT2D eigenvalue weighted by atomic mass is 10.2. The van der Waals surface area contributed by atoms with Gasteiger partial charge in [0.2, 0.25) is 5.82 Å². The van der Waals surface area contributed by atoms with Crippen LogP contribution in [-0.4, -0.2) is 25.3 Å². The van der Waals surface area contributed by atoms with Crippen molar-refractivity contribution in [1.29, 1.82) is 0 Å². The van der Waals surface area contributed by atoms with E-state index in [1.54, 1.807) is 6.20 Å². The van der Waals surface area contributed by atoms with Gasteiger partial charge in [0.05, 0.1) is 6.20 Å². The monoisotopic (exact) mass is 242 g/mol. The Bertz CT molecular complexity index is 686. The number of nitrogens with two attached hydrogens (primary N) is 1. The molecule has 3 rings (SSSR count). The van der Waals surface area contributed by atoms with Crippen molar-refractivity contribution in [2.75, 3.05) is 5.73 Å². The number of aryl methyl sites for hydroxylation is 1. The molecule has 0 fully saturated rings. The number of pyridine rings is 1. The molecule has 3 aromatic rings.